The number of hydrogen-bond donors (Lipinski definition) is 2. The van der Waals surface area contributed by atoms with Crippen molar-refractivity contribution in [3.8, 4) is 11.5 Å². The molecule has 2 aromatic carbocycles. The van der Waals surface area contributed by atoms with Gasteiger partial charge in [-0.2, -0.15) is 0 Å². The Bertz CT molecular complexity index is 970. The molecule has 2 N–H and O–H groups in total. The molecule has 0 aliphatic heterocycles. The van der Waals surface area contributed by atoms with Gasteiger partial charge in [-0.1, -0.05) is 32.4 Å². The lowest BCUT2D eigenvalue weighted by atomic mass is 9.97. The number of carbonyl (C=O) groups excluding carboxylic acids is 1. The summed E-state index contributed by atoms with van der Waals surface area (Å²) in [6, 6.07) is 10.6. The van der Waals surface area contributed by atoms with E-state index < -0.39 is 10.0 Å². The van der Waals surface area contributed by atoms with Crippen molar-refractivity contribution >= 4 is 33.2 Å². The van der Waals surface area contributed by atoms with Crippen LogP contribution in [0.2, 0.25) is 5.02 Å². The molecule has 1 amide bonds. The number of ether oxygens (including phenoxy) is 2. The molecular formula is C21H27ClN2O5S. The van der Waals surface area contributed by atoms with Crippen molar-refractivity contribution in [2.24, 2.45) is 5.41 Å². The van der Waals surface area contributed by atoms with Gasteiger partial charge in [-0.3, -0.25) is 9.52 Å². The minimum Gasteiger partial charge on any atom is -0.494 e. The van der Waals surface area contributed by atoms with Crippen molar-refractivity contribution in [3.63, 3.8) is 0 Å². The molecule has 0 atom stereocenters. The van der Waals surface area contributed by atoms with E-state index in [0.29, 0.717) is 24.6 Å². The Morgan fingerprint density at radius 2 is 1.73 bits per heavy atom. The monoisotopic (exact) mass is 454 g/mol. The summed E-state index contributed by atoms with van der Waals surface area (Å²) in [4.78, 5) is 11.9. The summed E-state index contributed by atoms with van der Waals surface area (Å²) in [5.41, 5.74) is 0.352. The molecule has 0 unspecified atom stereocenters. The topological polar surface area (TPSA) is 93.7 Å². The molecular weight excluding hydrogens is 428 g/mol. The molecule has 0 aromatic heterocycles. The Hall–Kier alpha value is -2.45. The van der Waals surface area contributed by atoms with Crippen LogP contribution in [0.1, 0.15) is 27.7 Å². The van der Waals surface area contributed by atoms with Crippen LogP contribution >= 0.6 is 11.6 Å². The fourth-order valence-corrected chi connectivity index (χ4v) is 3.71. The van der Waals surface area contributed by atoms with Crippen LogP contribution in [0.15, 0.2) is 47.4 Å². The van der Waals surface area contributed by atoms with Crippen LogP contribution in [-0.2, 0) is 14.8 Å². The first-order chi connectivity index (χ1) is 14.0. The van der Waals surface area contributed by atoms with Gasteiger partial charge in [0.05, 0.1) is 16.5 Å². The summed E-state index contributed by atoms with van der Waals surface area (Å²) >= 11 is 6.16. The zero-order valence-corrected chi connectivity index (χ0v) is 19.1. The van der Waals surface area contributed by atoms with E-state index in [1.165, 1.54) is 18.2 Å². The highest BCUT2D eigenvalue weighted by molar-refractivity contribution is 7.92. The fraction of sp³-hybridized carbons (Fsp3) is 0.381. The van der Waals surface area contributed by atoms with E-state index in [-0.39, 0.29) is 33.6 Å². The Kier molecular flexibility index (Phi) is 7.97. The lowest BCUT2D eigenvalue weighted by Gasteiger charge is -2.18. The van der Waals surface area contributed by atoms with Crippen molar-refractivity contribution in [1.82, 2.24) is 5.32 Å². The van der Waals surface area contributed by atoms with Crippen LogP contribution in [0.25, 0.3) is 0 Å². The molecule has 2 rings (SSSR count). The Morgan fingerprint density at radius 3 is 2.30 bits per heavy atom. The number of rotatable bonds is 9. The van der Waals surface area contributed by atoms with E-state index in [2.05, 4.69) is 10.0 Å². The largest absolute Gasteiger partial charge is 0.494 e. The maximum atomic E-state index is 12.6. The van der Waals surface area contributed by atoms with Crippen LogP contribution < -0.4 is 19.5 Å². The first-order valence-corrected chi connectivity index (χ1v) is 11.3. The number of amides is 1. The zero-order chi connectivity index (χ0) is 22.4. The third-order valence-electron chi connectivity index (χ3n) is 3.81. The van der Waals surface area contributed by atoms with Crippen LogP contribution in [0.3, 0.4) is 0 Å². The predicted octanol–water partition coefficient (Wildman–Crippen LogP) is 4.08. The van der Waals surface area contributed by atoms with E-state index in [0.717, 1.165) is 0 Å². The maximum absolute atomic E-state index is 12.6. The van der Waals surface area contributed by atoms with Gasteiger partial charge in [-0.15, -0.1) is 0 Å². The number of nitrogens with one attached hydrogen (secondary N) is 2. The smallest absolute Gasteiger partial charge is 0.261 e. The first-order valence-electron chi connectivity index (χ1n) is 9.45. The predicted molar refractivity (Wildman–Crippen MR) is 118 cm³/mol. The second-order valence-corrected chi connectivity index (χ2v) is 9.87. The summed E-state index contributed by atoms with van der Waals surface area (Å²) < 4.78 is 38.5. The quantitative estimate of drug-likeness (QED) is 0.595. The Balaban J connectivity index is 2.01. The minimum atomic E-state index is -3.84. The van der Waals surface area contributed by atoms with Crippen LogP contribution in [0.5, 0.6) is 11.5 Å². The first kappa shape index (κ1) is 23.8. The molecule has 0 fully saturated rings. The number of carbonyl (C=O) groups is 1. The van der Waals surface area contributed by atoms with Crippen LogP contribution in [0.4, 0.5) is 5.69 Å². The number of sulfonamides is 1. The molecule has 0 radical (unpaired) electrons. The SMILES string of the molecule is CCOc1ccc(NS(=O)(=O)c2ccc(OCC(=O)NCC(C)(C)C)c(Cl)c2)cc1. The normalized spacial score (nSPS) is 11.6. The van der Waals surface area contributed by atoms with Gasteiger partial charge in [0.1, 0.15) is 11.5 Å². The molecule has 0 aliphatic rings. The summed E-state index contributed by atoms with van der Waals surface area (Å²) in [6.45, 7) is 8.70. The van der Waals surface area contributed by atoms with Gasteiger partial charge in [-0.25, -0.2) is 8.42 Å². The van der Waals surface area contributed by atoms with Crippen molar-refractivity contribution in [3.05, 3.63) is 47.5 Å². The molecule has 164 valence electrons. The highest BCUT2D eigenvalue weighted by Gasteiger charge is 2.17. The van der Waals surface area contributed by atoms with E-state index in [1.54, 1.807) is 24.3 Å². The third kappa shape index (κ3) is 7.42. The van der Waals surface area contributed by atoms with Gasteiger partial charge >= 0.3 is 0 Å². The van der Waals surface area contributed by atoms with Crippen molar-refractivity contribution in [2.45, 2.75) is 32.6 Å². The molecule has 0 saturated carbocycles. The maximum Gasteiger partial charge on any atom is 0.261 e. The summed E-state index contributed by atoms with van der Waals surface area (Å²) in [5, 5.41) is 2.86. The van der Waals surface area contributed by atoms with Crippen molar-refractivity contribution in [1.29, 1.82) is 0 Å². The molecule has 0 spiro atoms. The van der Waals surface area contributed by atoms with Crippen LogP contribution in [-0.4, -0.2) is 34.1 Å². The highest BCUT2D eigenvalue weighted by Crippen LogP contribution is 2.28. The number of anilines is 1. The molecule has 0 heterocycles. The van der Waals surface area contributed by atoms with Gasteiger partial charge in [0.15, 0.2) is 6.61 Å². The number of halogens is 1. The van der Waals surface area contributed by atoms with E-state index in [9.17, 15) is 13.2 Å². The Labute approximate surface area is 182 Å². The molecule has 0 bridgehead atoms. The zero-order valence-electron chi connectivity index (χ0n) is 17.5. The van der Waals surface area contributed by atoms with Crippen molar-refractivity contribution < 1.29 is 22.7 Å². The third-order valence-corrected chi connectivity index (χ3v) is 5.48. The highest BCUT2D eigenvalue weighted by atomic mass is 35.5. The van der Waals surface area contributed by atoms with Gasteiger partial charge < -0.3 is 14.8 Å². The van der Waals surface area contributed by atoms with E-state index in [1.807, 2.05) is 27.7 Å². The lowest BCUT2D eigenvalue weighted by Crippen LogP contribution is -2.35. The summed E-state index contributed by atoms with van der Waals surface area (Å²) in [5.74, 6) is 0.592. The standard InChI is InChI=1S/C21H27ClN2O5S/c1-5-28-16-8-6-15(7-9-16)24-30(26,27)17-10-11-19(18(22)12-17)29-13-20(25)23-14-21(2,3)4/h6-12,24H,5,13-14H2,1-4H3,(H,23,25). The minimum absolute atomic E-state index is 0.0223. The number of benzene rings is 2. The second-order valence-electron chi connectivity index (χ2n) is 7.78. The number of hydrogen-bond acceptors (Lipinski definition) is 5. The average molecular weight is 455 g/mol. The summed E-state index contributed by atoms with van der Waals surface area (Å²) in [6.07, 6.45) is 0. The van der Waals surface area contributed by atoms with Gasteiger partial charge in [-0.05, 0) is 54.8 Å². The molecule has 30 heavy (non-hydrogen) atoms. The van der Waals surface area contributed by atoms with E-state index >= 15 is 0 Å². The molecule has 7 nitrogen and oxygen atoms in total. The average Bonchev–Trinajstić information content (AvgIpc) is 2.66. The van der Waals surface area contributed by atoms with Gasteiger partial charge in [0.2, 0.25) is 0 Å². The molecule has 2 aromatic rings. The molecule has 0 saturated heterocycles. The second kappa shape index (κ2) is 10.0. The van der Waals surface area contributed by atoms with Crippen molar-refractivity contribution in [2.75, 3.05) is 24.5 Å². The van der Waals surface area contributed by atoms with Gasteiger partial charge in [0, 0.05) is 12.2 Å². The van der Waals surface area contributed by atoms with Crippen LogP contribution in [0, 0.1) is 5.41 Å². The van der Waals surface area contributed by atoms with Gasteiger partial charge in [0.25, 0.3) is 15.9 Å². The van der Waals surface area contributed by atoms with E-state index in [4.69, 9.17) is 21.1 Å². The Morgan fingerprint density at radius 1 is 1.07 bits per heavy atom. The fourth-order valence-electron chi connectivity index (χ4n) is 2.32. The lowest BCUT2D eigenvalue weighted by molar-refractivity contribution is -0.123. The molecule has 0 aliphatic carbocycles. The molecule has 9 heteroatoms. The summed E-state index contributed by atoms with van der Waals surface area (Å²) in [7, 11) is -3.84.